The van der Waals surface area contributed by atoms with Crippen molar-refractivity contribution in [3.05, 3.63) is 0 Å². The van der Waals surface area contributed by atoms with Crippen molar-refractivity contribution in [2.75, 3.05) is 27.2 Å². The molecule has 0 aromatic heterocycles. The van der Waals surface area contributed by atoms with Gasteiger partial charge in [-0.15, -0.1) is 0 Å². The molecule has 0 aromatic carbocycles. The molecule has 0 unspecified atom stereocenters. The van der Waals surface area contributed by atoms with Crippen LogP contribution in [0.15, 0.2) is 0 Å². The van der Waals surface area contributed by atoms with E-state index in [0.29, 0.717) is 12.1 Å². The number of hydrogen-bond acceptors (Lipinski definition) is 3. The zero-order chi connectivity index (χ0) is 8.27. The van der Waals surface area contributed by atoms with Crippen LogP contribution in [0.2, 0.25) is 0 Å². The SMILES string of the molecule is CN[C@@H]1C[C@@H](COI)N(C)C1. The molecule has 1 aliphatic rings. The minimum absolute atomic E-state index is 0.601. The third-order valence-corrected chi connectivity index (χ3v) is 2.71. The monoisotopic (exact) mass is 270 g/mol. The quantitative estimate of drug-likeness (QED) is 0.762. The maximum absolute atomic E-state index is 5.09. The van der Waals surface area contributed by atoms with Gasteiger partial charge in [-0.25, -0.2) is 0 Å². The Hall–Kier alpha value is 0.610. The van der Waals surface area contributed by atoms with E-state index in [4.69, 9.17) is 3.07 Å². The van der Waals surface area contributed by atoms with E-state index >= 15 is 0 Å². The van der Waals surface area contributed by atoms with Gasteiger partial charge < -0.3 is 8.38 Å². The van der Waals surface area contributed by atoms with E-state index in [1.165, 1.54) is 6.42 Å². The van der Waals surface area contributed by atoms with Gasteiger partial charge in [0.25, 0.3) is 0 Å². The van der Waals surface area contributed by atoms with Crippen LogP contribution in [-0.4, -0.2) is 44.2 Å². The van der Waals surface area contributed by atoms with Crippen molar-refractivity contribution in [1.82, 2.24) is 10.2 Å². The molecule has 1 saturated heterocycles. The number of rotatable bonds is 3. The van der Waals surface area contributed by atoms with E-state index in [0.717, 1.165) is 13.2 Å². The summed E-state index contributed by atoms with van der Waals surface area (Å²) < 4.78 is 5.09. The van der Waals surface area contributed by atoms with Crippen molar-refractivity contribution in [3.8, 4) is 0 Å². The Morgan fingerprint density at radius 3 is 2.91 bits per heavy atom. The second kappa shape index (κ2) is 4.59. The summed E-state index contributed by atoms with van der Waals surface area (Å²) >= 11 is 1.96. The molecule has 1 heterocycles. The molecule has 0 bridgehead atoms. The summed E-state index contributed by atoms with van der Waals surface area (Å²) in [5.41, 5.74) is 0. The van der Waals surface area contributed by atoms with E-state index in [-0.39, 0.29) is 0 Å². The van der Waals surface area contributed by atoms with Gasteiger partial charge in [0.2, 0.25) is 0 Å². The average Bonchev–Trinajstić information content (AvgIpc) is 2.33. The zero-order valence-electron chi connectivity index (χ0n) is 7.01. The Labute approximate surface area is 82.2 Å². The molecule has 1 aliphatic heterocycles. The highest BCUT2D eigenvalue weighted by molar-refractivity contribution is 14.1. The van der Waals surface area contributed by atoms with Crippen LogP contribution in [-0.2, 0) is 3.07 Å². The summed E-state index contributed by atoms with van der Waals surface area (Å²) in [4.78, 5) is 2.35. The normalized spacial score (nSPS) is 33.0. The Morgan fingerprint density at radius 2 is 2.45 bits per heavy atom. The molecule has 3 nitrogen and oxygen atoms in total. The van der Waals surface area contributed by atoms with Gasteiger partial charge in [-0.3, -0.25) is 4.90 Å². The van der Waals surface area contributed by atoms with Crippen LogP contribution in [0, 0.1) is 0 Å². The zero-order valence-corrected chi connectivity index (χ0v) is 9.17. The van der Waals surface area contributed by atoms with E-state index in [9.17, 15) is 0 Å². The van der Waals surface area contributed by atoms with Crippen LogP contribution in [0.1, 0.15) is 6.42 Å². The lowest BCUT2D eigenvalue weighted by molar-refractivity contribution is 0.237. The second-order valence-electron chi connectivity index (χ2n) is 3.09. The predicted octanol–water partition coefficient (Wildman–Crippen LogP) is 0.645. The van der Waals surface area contributed by atoms with Crippen LogP contribution in [0.25, 0.3) is 0 Å². The fourth-order valence-corrected chi connectivity index (χ4v) is 1.97. The lowest BCUT2D eigenvalue weighted by Crippen LogP contribution is -2.29. The van der Waals surface area contributed by atoms with Crippen LogP contribution >= 0.6 is 23.0 Å². The summed E-state index contributed by atoms with van der Waals surface area (Å²) in [6.45, 7) is 1.98. The van der Waals surface area contributed by atoms with Crippen molar-refractivity contribution in [3.63, 3.8) is 0 Å². The van der Waals surface area contributed by atoms with Crippen molar-refractivity contribution >= 4 is 23.0 Å². The molecular formula is C7H15IN2O. The first-order valence-corrected chi connectivity index (χ1v) is 4.77. The van der Waals surface area contributed by atoms with Gasteiger partial charge in [0, 0.05) is 18.6 Å². The Kier molecular flexibility index (Phi) is 4.05. The molecule has 0 aliphatic carbocycles. The smallest absolute Gasteiger partial charge is 0.109 e. The predicted molar refractivity (Wildman–Crippen MR) is 53.9 cm³/mol. The summed E-state index contributed by atoms with van der Waals surface area (Å²) in [6, 6.07) is 1.25. The Balaban J connectivity index is 2.32. The lowest BCUT2D eigenvalue weighted by atomic mass is 10.2. The average molecular weight is 270 g/mol. The van der Waals surface area contributed by atoms with Gasteiger partial charge in [-0.05, 0) is 20.5 Å². The molecule has 1 fully saturated rings. The highest BCUT2D eigenvalue weighted by Gasteiger charge is 2.27. The van der Waals surface area contributed by atoms with Gasteiger partial charge in [0.05, 0.1) is 6.61 Å². The lowest BCUT2D eigenvalue weighted by Gasteiger charge is -2.16. The van der Waals surface area contributed by atoms with Crippen LogP contribution in [0.4, 0.5) is 0 Å². The third kappa shape index (κ3) is 2.54. The number of hydrogen-bond donors (Lipinski definition) is 1. The highest BCUT2D eigenvalue weighted by Crippen LogP contribution is 2.16. The van der Waals surface area contributed by atoms with E-state index < -0.39 is 0 Å². The largest absolute Gasteiger partial charge is 0.316 e. The molecule has 0 saturated carbocycles. The summed E-state index contributed by atoms with van der Waals surface area (Å²) in [6.07, 6.45) is 1.20. The van der Waals surface area contributed by atoms with Crippen LogP contribution in [0.3, 0.4) is 0 Å². The second-order valence-corrected chi connectivity index (χ2v) is 3.71. The van der Waals surface area contributed by atoms with Gasteiger partial charge in [0.1, 0.15) is 23.0 Å². The minimum atomic E-state index is 0.601. The number of likely N-dealkylation sites (tertiary alicyclic amines) is 1. The van der Waals surface area contributed by atoms with E-state index in [2.05, 4.69) is 17.3 Å². The number of halogens is 1. The van der Waals surface area contributed by atoms with Gasteiger partial charge in [-0.2, -0.15) is 0 Å². The highest BCUT2D eigenvalue weighted by atomic mass is 127. The molecule has 0 amide bonds. The fourth-order valence-electron chi connectivity index (χ4n) is 1.56. The number of nitrogens with zero attached hydrogens (tertiary/aromatic N) is 1. The van der Waals surface area contributed by atoms with Crippen LogP contribution in [0.5, 0.6) is 0 Å². The van der Waals surface area contributed by atoms with Crippen molar-refractivity contribution < 1.29 is 3.07 Å². The molecule has 0 spiro atoms. The standard InChI is InChI=1S/C7H15IN2O/c1-9-6-3-7(5-11-8)10(2)4-6/h6-7,9H,3-5H2,1-2H3/t6-,7+/m1/s1. The van der Waals surface area contributed by atoms with Gasteiger partial charge >= 0.3 is 0 Å². The molecule has 0 aromatic rings. The molecule has 66 valence electrons. The molecule has 2 atom stereocenters. The summed E-state index contributed by atoms with van der Waals surface area (Å²) in [7, 11) is 4.17. The first kappa shape index (κ1) is 9.70. The van der Waals surface area contributed by atoms with Gasteiger partial charge in [0.15, 0.2) is 0 Å². The first-order valence-electron chi connectivity index (χ1n) is 3.89. The molecular weight excluding hydrogens is 255 g/mol. The summed E-state index contributed by atoms with van der Waals surface area (Å²) in [5.74, 6) is 0. The maximum Gasteiger partial charge on any atom is 0.109 e. The number of likely N-dealkylation sites (N-methyl/N-ethyl adjacent to an activating group) is 2. The van der Waals surface area contributed by atoms with Crippen LogP contribution < -0.4 is 5.32 Å². The van der Waals surface area contributed by atoms with E-state index in [1.54, 1.807) is 0 Å². The number of nitrogens with one attached hydrogen (secondary N) is 1. The third-order valence-electron chi connectivity index (χ3n) is 2.35. The topological polar surface area (TPSA) is 24.5 Å². The molecule has 0 radical (unpaired) electrons. The fraction of sp³-hybridized carbons (Fsp3) is 1.00. The molecule has 4 heteroatoms. The Bertz CT molecular complexity index is 123. The maximum atomic E-state index is 5.09. The molecule has 1 rings (SSSR count). The van der Waals surface area contributed by atoms with Gasteiger partial charge in [-0.1, -0.05) is 0 Å². The first-order chi connectivity index (χ1) is 5.27. The molecule has 1 N–H and O–H groups in total. The molecule has 11 heavy (non-hydrogen) atoms. The summed E-state index contributed by atoms with van der Waals surface area (Å²) in [5, 5.41) is 3.28. The Morgan fingerprint density at radius 1 is 1.73 bits per heavy atom. The minimum Gasteiger partial charge on any atom is -0.316 e. The van der Waals surface area contributed by atoms with Crippen molar-refractivity contribution in [1.29, 1.82) is 0 Å². The van der Waals surface area contributed by atoms with E-state index in [1.807, 2.05) is 30.1 Å². The van der Waals surface area contributed by atoms with Crippen molar-refractivity contribution in [2.24, 2.45) is 0 Å². The van der Waals surface area contributed by atoms with Crippen molar-refractivity contribution in [2.45, 2.75) is 18.5 Å².